The van der Waals surface area contributed by atoms with E-state index in [0.717, 1.165) is 0 Å². The number of rotatable bonds is 1. The minimum absolute atomic E-state index is 0.563. The molecule has 0 aromatic rings. The Labute approximate surface area is 106 Å². The molecular formula is C16H25N. The van der Waals surface area contributed by atoms with E-state index < -0.39 is 0 Å². The van der Waals surface area contributed by atoms with Crippen LogP contribution >= 0.6 is 0 Å². The summed E-state index contributed by atoms with van der Waals surface area (Å²) in [5.74, 6) is 1.22. The van der Waals surface area contributed by atoms with Crippen LogP contribution in [0.15, 0.2) is 35.6 Å². The quantitative estimate of drug-likeness (QED) is 0.613. The summed E-state index contributed by atoms with van der Waals surface area (Å²) in [7, 11) is 0. The van der Waals surface area contributed by atoms with Crippen LogP contribution < -0.4 is 0 Å². The second-order valence-electron chi connectivity index (χ2n) is 5.71. The van der Waals surface area contributed by atoms with E-state index in [1.807, 2.05) is 0 Å². The summed E-state index contributed by atoms with van der Waals surface area (Å²) in [6.07, 6.45) is 12.1. The molecule has 2 atom stereocenters. The Kier molecular flexibility index (Phi) is 3.76. The third-order valence-electron chi connectivity index (χ3n) is 4.01. The molecule has 1 heterocycles. The lowest BCUT2D eigenvalue weighted by molar-refractivity contribution is 0.291. The largest absolute Gasteiger partial charge is 0.369 e. The van der Waals surface area contributed by atoms with Gasteiger partial charge in [-0.15, -0.1) is 0 Å². The molecule has 2 bridgehead atoms. The average Bonchev–Trinajstić information content (AvgIpc) is 2.45. The normalized spacial score (nSPS) is 33.1. The molecule has 94 valence electrons. The molecule has 1 aliphatic heterocycles. The third-order valence-corrected chi connectivity index (χ3v) is 4.01. The molecule has 2 rings (SSSR count). The van der Waals surface area contributed by atoms with E-state index in [1.54, 1.807) is 5.57 Å². The Morgan fingerprint density at radius 3 is 2.71 bits per heavy atom. The predicted molar refractivity (Wildman–Crippen MR) is 74.7 cm³/mol. The summed E-state index contributed by atoms with van der Waals surface area (Å²) in [6, 6.07) is 0.599. The van der Waals surface area contributed by atoms with Crippen molar-refractivity contribution in [2.75, 3.05) is 6.54 Å². The van der Waals surface area contributed by atoms with Crippen molar-refractivity contribution in [1.82, 2.24) is 4.90 Å². The Morgan fingerprint density at radius 1 is 1.24 bits per heavy atom. The van der Waals surface area contributed by atoms with Crippen molar-refractivity contribution in [2.24, 2.45) is 11.8 Å². The van der Waals surface area contributed by atoms with Gasteiger partial charge >= 0.3 is 0 Å². The van der Waals surface area contributed by atoms with Gasteiger partial charge in [-0.3, -0.25) is 0 Å². The molecule has 1 nitrogen and oxygen atoms in total. The average molecular weight is 231 g/mol. The first-order valence-electron chi connectivity index (χ1n) is 6.93. The van der Waals surface area contributed by atoms with Gasteiger partial charge in [0.25, 0.3) is 0 Å². The monoisotopic (exact) mass is 231 g/mol. The van der Waals surface area contributed by atoms with Crippen LogP contribution in [0.5, 0.6) is 0 Å². The van der Waals surface area contributed by atoms with Crippen LogP contribution in [-0.2, 0) is 0 Å². The van der Waals surface area contributed by atoms with Gasteiger partial charge in [0, 0.05) is 18.3 Å². The van der Waals surface area contributed by atoms with Gasteiger partial charge in [0.2, 0.25) is 0 Å². The molecule has 0 radical (unpaired) electrons. The molecule has 0 amide bonds. The second-order valence-corrected chi connectivity index (χ2v) is 5.71. The Balaban J connectivity index is 2.42. The van der Waals surface area contributed by atoms with E-state index >= 15 is 0 Å². The predicted octanol–water partition coefficient (Wildman–Crippen LogP) is 4.14. The maximum absolute atomic E-state index is 2.57. The maximum Gasteiger partial charge on any atom is 0.0360 e. The lowest BCUT2D eigenvalue weighted by atomic mass is 9.91. The molecule has 0 saturated carbocycles. The van der Waals surface area contributed by atoms with E-state index in [2.05, 4.69) is 56.9 Å². The van der Waals surface area contributed by atoms with Gasteiger partial charge in [-0.2, -0.15) is 0 Å². The van der Waals surface area contributed by atoms with Crippen LogP contribution in [0.25, 0.3) is 0 Å². The highest BCUT2D eigenvalue weighted by molar-refractivity contribution is 5.31. The number of hydrogen-bond acceptors (Lipinski definition) is 1. The first-order valence-corrected chi connectivity index (χ1v) is 6.93. The lowest BCUT2D eigenvalue weighted by Crippen LogP contribution is -2.30. The second kappa shape index (κ2) is 5.12. The molecule has 0 saturated heterocycles. The van der Waals surface area contributed by atoms with Gasteiger partial charge in [-0.1, -0.05) is 25.2 Å². The Bertz CT molecular complexity index is 360. The molecule has 0 spiro atoms. The van der Waals surface area contributed by atoms with Crippen LogP contribution in [0.2, 0.25) is 0 Å². The van der Waals surface area contributed by atoms with Crippen LogP contribution in [0.4, 0.5) is 0 Å². The Hall–Kier alpha value is -0.980. The minimum atomic E-state index is 0.563. The standard InChI is InChI=1S/C16H25N/c1-12(2)17-11-5-6-15-9-7-13(3)8-10-16(17)14(15)4/h7-10,12-13,15H,5-6,11H2,1-4H3/b9-7-,10-8-. The van der Waals surface area contributed by atoms with Crippen molar-refractivity contribution in [2.45, 2.75) is 46.6 Å². The highest BCUT2D eigenvalue weighted by Crippen LogP contribution is 2.31. The van der Waals surface area contributed by atoms with E-state index in [-0.39, 0.29) is 0 Å². The molecule has 0 fully saturated rings. The number of nitrogens with zero attached hydrogens (tertiary/aromatic N) is 1. The van der Waals surface area contributed by atoms with E-state index in [4.69, 9.17) is 0 Å². The van der Waals surface area contributed by atoms with Gasteiger partial charge < -0.3 is 4.90 Å². The molecule has 1 aliphatic carbocycles. The van der Waals surface area contributed by atoms with E-state index in [1.165, 1.54) is 25.1 Å². The molecular weight excluding hydrogens is 206 g/mol. The van der Waals surface area contributed by atoms with Crippen LogP contribution in [0.3, 0.4) is 0 Å². The molecule has 2 aliphatic rings. The molecule has 0 aromatic carbocycles. The summed E-state index contributed by atoms with van der Waals surface area (Å²) >= 11 is 0. The van der Waals surface area contributed by atoms with Gasteiger partial charge in [0.1, 0.15) is 0 Å². The fraction of sp³-hybridized carbons (Fsp3) is 0.625. The van der Waals surface area contributed by atoms with Crippen molar-refractivity contribution >= 4 is 0 Å². The zero-order valence-corrected chi connectivity index (χ0v) is 11.6. The number of hydrogen-bond donors (Lipinski definition) is 0. The van der Waals surface area contributed by atoms with Crippen LogP contribution in [-0.4, -0.2) is 17.5 Å². The van der Waals surface area contributed by atoms with Crippen LogP contribution in [0, 0.1) is 11.8 Å². The van der Waals surface area contributed by atoms with Gasteiger partial charge in [-0.25, -0.2) is 0 Å². The topological polar surface area (TPSA) is 3.24 Å². The van der Waals surface area contributed by atoms with Crippen molar-refractivity contribution in [3.05, 3.63) is 35.6 Å². The first-order chi connectivity index (χ1) is 8.09. The van der Waals surface area contributed by atoms with Crippen molar-refractivity contribution < 1.29 is 0 Å². The summed E-state index contributed by atoms with van der Waals surface area (Å²) in [5, 5.41) is 0. The van der Waals surface area contributed by atoms with Crippen LogP contribution in [0.1, 0.15) is 40.5 Å². The smallest absolute Gasteiger partial charge is 0.0360 e. The van der Waals surface area contributed by atoms with Crippen molar-refractivity contribution in [3.63, 3.8) is 0 Å². The van der Waals surface area contributed by atoms with E-state index in [9.17, 15) is 0 Å². The zero-order chi connectivity index (χ0) is 12.4. The fourth-order valence-corrected chi connectivity index (χ4v) is 2.86. The SMILES string of the molecule is CC1=C2/C=C\C(C)/C=C\C1CCCN2C(C)C. The number of fused-ring (bicyclic) bond motifs is 1. The van der Waals surface area contributed by atoms with Gasteiger partial charge in [0.05, 0.1) is 0 Å². The highest BCUT2D eigenvalue weighted by atomic mass is 15.2. The summed E-state index contributed by atoms with van der Waals surface area (Å²) in [6.45, 7) is 10.4. The third kappa shape index (κ3) is 2.65. The molecule has 2 unspecified atom stereocenters. The summed E-state index contributed by atoms with van der Waals surface area (Å²) in [4.78, 5) is 2.57. The highest BCUT2D eigenvalue weighted by Gasteiger charge is 2.22. The maximum atomic E-state index is 2.57. The van der Waals surface area contributed by atoms with Crippen molar-refractivity contribution in [3.8, 4) is 0 Å². The van der Waals surface area contributed by atoms with E-state index in [0.29, 0.717) is 17.9 Å². The summed E-state index contributed by atoms with van der Waals surface area (Å²) in [5.41, 5.74) is 3.02. The minimum Gasteiger partial charge on any atom is -0.369 e. The van der Waals surface area contributed by atoms with Crippen molar-refractivity contribution in [1.29, 1.82) is 0 Å². The van der Waals surface area contributed by atoms with Gasteiger partial charge in [-0.05, 0) is 57.1 Å². The number of allylic oxidation sites excluding steroid dienone is 5. The fourth-order valence-electron chi connectivity index (χ4n) is 2.86. The molecule has 17 heavy (non-hydrogen) atoms. The summed E-state index contributed by atoms with van der Waals surface area (Å²) < 4.78 is 0. The molecule has 0 N–H and O–H groups in total. The molecule has 1 heteroatoms. The van der Waals surface area contributed by atoms with Gasteiger partial charge in [0.15, 0.2) is 0 Å². The Morgan fingerprint density at radius 2 is 2.00 bits per heavy atom. The zero-order valence-electron chi connectivity index (χ0n) is 11.6. The first kappa shape index (κ1) is 12.5. The molecule has 0 aromatic heterocycles. The lowest BCUT2D eigenvalue weighted by Gasteiger charge is -2.30.